The molecule has 0 aliphatic rings. The molecular weight excluding hydrogens is 210 g/mol. The summed E-state index contributed by atoms with van der Waals surface area (Å²) in [6, 6.07) is -0.0736. The highest BCUT2D eigenvalue weighted by Gasteiger charge is 2.17. The van der Waals surface area contributed by atoms with E-state index in [4.69, 9.17) is 0 Å². The second kappa shape index (κ2) is 4.61. The number of aromatic nitrogens is 1. The number of hydrogen-bond acceptors (Lipinski definition) is 3. The summed E-state index contributed by atoms with van der Waals surface area (Å²) in [6.45, 7) is 6.43. The SMILES string of the molecule is CN(Cc1cscn1)C(=O)NC(C)(C)C. The Kier molecular flexibility index (Phi) is 3.68. The highest BCUT2D eigenvalue weighted by molar-refractivity contribution is 7.07. The molecule has 0 unspecified atom stereocenters. The fraction of sp³-hybridized carbons (Fsp3) is 0.600. The lowest BCUT2D eigenvalue weighted by Crippen LogP contribution is -2.46. The van der Waals surface area contributed by atoms with Gasteiger partial charge in [-0.05, 0) is 20.8 Å². The summed E-state index contributed by atoms with van der Waals surface area (Å²) in [6.07, 6.45) is 0. The van der Waals surface area contributed by atoms with E-state index >= 15 is 0 Å². The number of thiazole rings is 1. The van der Waals surface area contributed by atoms with Crippen molar-refractivity contribution in [3.8, 4) is 0 Å². The largest absolute Gasteiger partial charge is 0.333 e. The topological polar surface area (TPSA) is 45.2 Å². The van der Waals surface area contributed by atoms with Crippen molar-refractivity contribution in [3.63, 3.8) is 0 Å². The highest BCUT2D eigenvalue weighted by Crippen LogP contribution is 2.05. The first-order valence-corrected chi connectivity index (χ1v) is 5.73. The van der Waals surface area contributed by atoms with Crippen LogP contribution in [-0.4, -0.2) is 28.5 Å². The van der Waals surface area contributed by atoms with Gasteiger partial charge < -0.3 is 10.2 Å². The molecular formula is C10H17N3OS. The molecule has 1 rings (SSSR count). The van der Waals surface area contributed by atoms with Crippen molar-refractivity contribution >= 4 is 17.4 Å². The Morgan fingerprint density at radius 3 is 2.73 bits per heavy atom. The Morgan fingerprint density at radius 2 is 2.27 bits per heavy atom. The third-order valence-electron chi connectivity index (χ3n) is 1.71. The molecule has 2 amide bonds. The Morgan fingerprint density at radius 1 is 1.60 bits per heavy atom. The van der Waals surface area contributed by atoms with Gasteiger partial charge in [0.15, 0.2) is 0 Å². The molecule has 5 heteroatoms. The first-order valence-electron chi connectivity index (χ1n) is 4.79. The molecule has 0 saturated carbocycles. The lowest BCUT2D eigenvalue weighted by Gasteiger charge is -2.25. The number of nitrogens with zero attached hydrogens (tertiary/aromatic N) is 2. The number of amides is 2. The molecule has 0 radical (unpaired) electrons. The van der Waals surface area contributed by atoms with Gasteiger partial charge in [0, 0.05) is 18.0 Å². The summed E-state index contributed by atoms with van der Waals surface area (Å²) in [7, 11) is 1.76. The van der Waals surface area contributed by atoms with Gasteiger partial charge in [-0.1, -0.05) is 0 Å². The molecule has 0 spiro atoms. The molecule has 0 atom stereocenters. The molecule has 0 aromatic carbocycles. The minimum Gasteiger partial charge on any atom is -0.333 e. The summed E-state index contributed by atoms with van der Waals surface area (Å²) in [4.78, 5) is 17.4. The number of carbonyl (C=O) groups is 1. The molecule has 15 heavy (non-hydrogen) atoms. The molecule has 0 aliphatic carbocycles. The van der Waals surface area contributed by atoms with E-state index in [9.17, 15) is 4.79 Å². The number of urea groups is 1. The van der Waals surface area contributed by atoms with Crippen molar-refractivity contribution < 1.29 is 4.79 Å². The van der Waals surface area contributed by atoms with Crippen LogP contribution in [0.1, 0.15) is 26.5 Å². The van der Waals surface area contributed by atoms with Gasteiger partial charge in [0.2, 0.25) is 0 Å². The zero-order valence-corrected chi connectivity index (χ0v) is 10.4. The molecule has 0 aliphatic heterocycles. The summed E-state index contributed by atoms with van der Waals surface area (Å²) in [5.41, 5.74) is 2.49. The lowest BCUT2D eigenvalue weighted by atomic mass is 10.1. The van der Waals surface area contributed by atoms with Crippen LogP contribution in [0.5, 0.6) is 0 Å². The maximum atomic E-state index is 11.7. The van der Waals surface area contributed by atoms with Gasteiger partial charge in [-0.3, -0.25) is 0 Å². The Balaban J connectivity index is 2.47. The van der Waals surface area contributed by atoms with Gasteiger partial charge in [0.25, 0.3) is 0 Å². The van der Waals surface area contributed by atoms with Crippen molar-refractivity contribution in [3.05, 3.63) is 16.6 Å². The fourth-order valence-corrected chi connectivity index (χ4v) is 1.60. The van der Waals surface area contributed by atoms with E-state index in [1.807, 2.05) is 26.2 Å². The van der Waals surface area contributed by atoms with E-state index in [0.717, 1.165) is 5.69 Å². The van der Waals surface area contributed by atoms with Crippen LogP contribution >= 0.6 is 11.3 Å². The number of nitrogens with one attached hydrogen (secondary N) is 1. The molecule has 0 fully saturated rings. The monoisotopic (exact) mass is 227 g/mol. The minimum absolute atomic E-state index is 0.0736. The Hall–Kier alpha value is -1.10. The molecule has 1 N–H and O–H groups in total. The normalized spacial score (nSPS) is 11.2. The average Bonchev–Trinajstić information content (AvgIpc) is 2.53. The van der Waals surface area contributed by atoms with Crippen LogP contribution < -0.4 is 5.32 Å². The zero-order chi connectivity index (χ0) is 11.5. The van der Waals surface area contributed by atoms with Crippen molar-refractivity contribution in [2.75, 3.05) is 7.05 Å². The smallest absolute Gasteiger partial charge is 0.317 e. The quantitative estimate of drug-likeness (QED) is 0.840. The second-order valence-corrected chi connectivity index (χ2v) is 5.23. The zero-order valence-electron chi connectivity index (χ0n) is 9.57. The fourth-order valence-electron chi connectivity index (χ4n) is 1.05. The summed E-state index contributed by atoms with van der Waals surface area (Å²) < 4.78 is 0. The van der Waals surface area contributed by atoms with Crippen LogP contribution in [0.2, 0.25) is 0 Å². The molecule has 4 nitrogen and oxygen atoms in total. The van der Waals surface area contributed by atoms with Gasteiger partial charge in [0.05, 0.1) is 17.7 Å². The van der Waals surface area contributed by atoms with Crippen molar-refractivity contribution in [2.45, 2.75) is 32.9 Å². The molecule has 1 aromatic rings. The molecule has 0 saturated heterocycles. The standard InChI is InChI=1S/C10H17N3OS/c1-10(2,3)12-9(14)13(4)5-8-6-15-7-11-8/h6-7H,5H2,1-4H3,(H,12,14). The van der Waals surface area contributed by atoms with E-state index in [2.05, 4.69) is 10.3 Å². The van der Waals surface area contributed by atoms with Gasteiger partial charge in [-0.15, -0.1) is 11.3 Å². The number of hydrogen-bond donors (Lipinski definition) is 1. The van der Waals surface area contributed by atoms with Gasteiger partial charge in [0.1, 0.15) is 0 Å². The van der Waals surface area contributed by atoms with E-state index in [0.29, 0.717) is 6.54 Å². The van der Waals surface area contributed by atoms with Gasteiger partial charge in [-0.2, -0.15) is 0 Å². The first kappa shape index (κ1) is 12.0. The summed E-state index contributed by atoms with van der Waals surface area (Å²) in [5, 5.41) is 4.84. The van der Waals surface area contributed by atoms with Crippen LogP contribution in [-0.2, 0) is 6.54 Å². The van der Waals surface area contributed by atoms with E-state index < -0.39 is 0 Å². The van der Waals surface area contributed by atoms with Crippen LogP contribution in [0, 0.1) is 0 Å². The van der Waals surface area contributed by atoms with E-state index in [-0.39, 0.29) is 11.6 Å². The second-order valence-electron chi connectivity index (χ2n) is 4.52. The highest BCUT2D eigenvalue weighted by atomic mass is 32.1. The maximum Gasteiger partial charge on any atom is 0.317 e. The number of rotatable bonds is 2. The van der Waals surface area contributed by atoms with Crippen LogP contribution in [0.3, 0.4) is 0 Å². The summed E-state index contributed by atoms with van der Waals surface area (Å²) in [5.74, 6) is 0. The van der Waals surface area contributed by atoms with E-state index in [1.54, 1.807) is 17.5 Å². The molecule has 1 heterocycles. The third-order valence-corrected chi connectivity index (χ3v) is 2.35. The molecule has 84 valence electrons. The average molecular weight is 227 g/mol. The predicted molar refractivity (Wildman–Crippen MR) is 61.9 cm³/mol. The van der Waals surface area contributed by atoms with Crippen LogP contribution in [0.25, 0.3) is 0 Å². The van der Waals surface area contributed by atoms with Crippen molar-refractivity contribution in [1.29, 1.82) is 0 Å². The maximum absolute atomic E-state index is 11.7. The lowest BCUT2D eigenvalue weighted by molar-refractivity contribution is 0.197. The van der Waals surface area contributed by atoms with E-state index in [1.165, 1.54) is 11.3 Å². The Labute approximate surface area is 94.3 Å². The van der Waals surface area contributed by atoms with Crippen LogP contribution in [0.4, 0.5) is 4.79 Å². The van der Waals surface area contributed by atoms with Crippen molar-refractivity contribution in [2.24, 2.45) is 0 Å². The Bertz CT molecular complexity index is 316. The van der Waals surface area contributed by atoms with Gasteiger partial charge >= 0.3 is 6.03 Å². The molecule has 1 aromatic heterocycles. The molecule has 0 bridgehead atoms. The predicted octanol–water partition coefficient (Wildman–Crippen LogP) is 2.08. The first-order chi connectivity index (χ1) is 6.88. The number of carbonyl (C=O) groups excluding carboxylic acids is 1. The van der Waals surface area contributed by atoms with Crippen LogP contribution in [0.15, 0.2) is 10.9 Å². The minimum atomic E-state index is -0.201. The van der Waals surface area contributed by atoms with Gasteiger partial charge in [-0.25, -0.2) is 9.78 Å². The third kappa shape index (κ3) is 4.29. The van der Waals surface area contributed by atoms with Crippen molar-refractivity contribution in [1.82, 2.24) is 15.2 Å². The summed E-state index contributed by atoms with van der Waals surface area (Å²) >= 11 is 1.54.